The molecule has 1 aromatic rings. The molecule has 1 aromatic heterocycles. The average Bonchev–Trinajstić information content (AvgIpc) is 2.84. The van der Waals surface area contributed by atoms with Crippen molar-refractivity contribution in [3.8, 4) is 0 Å². The fraction of sp³-hybridized carbons (Fsp3) is 0.692. The van der Waals surface area contributed by atoms with Gasteiger partial charge in [-0.25, -0.2) is 0 Å². The second-order valence-corrected chi connectivity index (χ2v) is 7.29. The summed E-state index contributed by atoms with van der Waals surface area (Å²) >= 11 is 3.99. The van der Waals surface area contributed by atoms with Crippen LogP contribution >= 0.6 is 23.1 Å². The van der Waals surface area contributed by atoms with Crippen molar-refractivity contribution in [2.75, 3.05) is 19.0 Å². The highest BCUT2D eigenvalue weighted by Gasteiger charge is 2.27. The predicted octanol–water partition coefficient (Wildman–Crippen LogP) is 2.47. The molecule has 18 heavy (non-hydrogen) atoms. The van der Waals surface area contributed by atoms with E-state index in [1.807, 2.05) is 23.1 Å². The van der Waals surface area contributed by atoms with E-state index in [-0.39, 0.29) is 6.04 Å². The van der Waals surface area contributed by atoms with Gasteiger partial charge in [0.05, 0.1) is 12.6 Å². The zero-order valence-corrected chi connectivity index (χ0v) is 12.1. The van der Waals surface area contributed by atoms with Gasteiger partial charge in [0.25, 0.3) is 0 Å². The van der Waals surface area contributed by atoms with Crippen LogP contribution in [0, 0.1) is 5.92 Å². The van der Waals surface area contributed by atoms with Gasteiger partial charge in [0, 0.05) is 28.0 Å². The van der Waals surface area contributed by atoms with Crippen LogP contribution in [0.2, 0.25) is 0 Å². The zero-order chi connectivity index (χ0) is 12.4. The van der Waals surface area contributed by atoms with Crippen LogP contribution in [0.4, 0.5) is 0 Å². The molecule has 0 aromatic carbocycles. The molecule has 3 nitrogen and oxygen atoms in total. The molecule has 5 heteroatoms. The van der Waals surface area contributed by atoms with Crippen LogP contribution < -0.4 is 11.3 Å². The molecule has 0 bridgehead atoms. The van der Waals surface area contributed by atoms with Crippen molar-refractivity contribution >= 4 is 23.1 Å². The fourth-order valence-corrected chi connectivity index (χ4v) is 5.33. The van der Waals surface area contributed by atoms with Crippen molar-refractivity contribution in [3.05, 3.63) is 21.4 Å². The van der Waals surface area contributed by atoms with Gasteiger partial charge in [0.15, 0.2) is 0 Å². The number of hydrogen-bond donors (Lipinski definition) is 2. The minimum atomic E-state index is 0.269. The Labute approximate surface area is 116 Å². The lowest BCUT2D eigenvalue weighted by atomic mass is 9.93. The van der Waals surface area contributed by atoms with E-state index in [1.54, 1.807) is 4.88 Å². The topological polar surface area (TPSA) is 47.3 Å². The van der Waals surface area contributed by atoms with Gasteiger partial charge in [0.1, 0.15) is 0 Å². The zero-order valence-electron chi connectivity index (χ0n) is 10.5. The number of hydrogen-bond acceptors (Lipinski definition) is 5. The number of ether oxygens (including phenoxy) is 1. The summed E-state index contributed by atoms with van der Waals surface area (Å²) in [6.07, 6.45) is 3.60. The molecule has 100 valence electrons. The number of aryl methyl sites for hydroxylation is 1. The third-order valence-electron chi connectivity index (χ3n) is 3.80. The summed E-state index contributed by atoms with van der Waals surface area (Å²) in [5, 5.41) is 0. The van der Waals surface area contributed by atoms with Gasteiger partial charge >= 0.3 is 0 Å². The monoisotopic (exact) mass is 284 g/mol. The Morgan fingerprint density at radius 1 is 1.50 bits per heavy atom. The van der Waals surface area contributed by atoms with Crippen LogP contribution in [0.5, 0.6) is 0 Å². The third-order valence-corrected chi connectivity index (χ3v) is 6.13. The summed E-state index contributed by atoms with van der Waals surface area (Å²) in [6, 6.07) is 2.64. The highest BCUT2D eigenvalue weighted by molar-refractivity contribution is 7.98. The van der Waals surface area contributed by atoms with Crippen LogP contribution in [0.15, 0.2) is 6.07 Å². The lowest BCUT2D eigenvalue weighted by Gasteiger charge is -2.29. The first-order chi connectivity index (χ1) is 8.88. The van der Waals surface area contributed by atoms with Gasteiger partial charge in [-0.15, -0.1) is 11.3 Å². The van der Waals surface area contributed by atoms with Crippen molar-refractivity contribution in [2.45, 2.75) is 31.1 Å². The normalized spacial score (nSPS) is 25.7. The Kier molecular flexibility index (Phi) is 4.26. The van der Waals surface area contributed by atoms with E-state index in [9.17, 15) is 0 Å². The molecule has 0 saturated carbocycles. The summed E-state index contributed by atoms with van der Waals surface area (Å²) in [7, 11) is 0. The van der Waals surface area contributed by atoms with Gasteiger partial charge < -0.3 is 4.74 Å². The van der Waals surface area contributed by atoms with Crippen LogP contribution in [0.3, 0.4) is 0 Å². The van der Waals surface area contributed by atoms with Crippen molar-refractivity contribution in [1.82, 2.24) is 5.43 Å². The molecule has 1 saturated heterocycles. The maximum Gasteiger partial charge on any atom is 0.0603 e. The first kappa shape index (κ1) is 12.9. The minimum absolute atomic E-state index is 0.269. The van der Waals surface area contributed by atoms with Crippen molar-refractivity contribution in [2.24, 2.45) is 11.8 Å². The molecular formula is C13H20N2OS2. The number of nitrogens with two attached hydrogens (primary N) is 1. The van der Waals surface area contributed by atoms with E-state index < -0.39 is 0 Å². The standard InChI is InChI=1S/C13H20N2OS2/c14-15-13(9-2-1-4-16-7-9)12-6-10-8-17-5-3-11(10)18-12/h6,9,13,15H,1-5,7-8,14H2. The van der Waals surface area contributed by atoms with E-state index in [1.165, 1.54) is 34.8 Å². The second-order valence-electron chi connectivity index (χ2n) is 5.02. The van der Waals surface area contributed by atoms with Crippen LogP contribution in [-0.4, -0.2) is 19.0 Å². The number of hydrazine groups is 1. The van der Waals surface area contributed by atoms with Gasteiger partial charge in [-0.2, -0.15) is 11.8 Å². The molecule has 2 aliphatic rings. The molecular weight excluding hydrogens is 264 g/mol. The molecule has 1 fully saturated rings. The highest BCUT2D eigenvalue weighted by Crippen LogP contribution is 2.38. The maximum atomic E-state index is 5.79. The van der Waals surface area contributed by atoms with Crippen LogP contribution in [0.25, 0.3) is 0 Å². The Hall–Kier alpha value is -0.0700. The molecule has 0 aliphatic carbocycles. The summed E-state index contributed by atoms with van der Waals surface area (Å²) in [5.41, 5.74) is 4.55. The summed E-state index contributed by atoms with van der Waals surface area (Å²) in [5.74, 6) is 8.75. The Morgan fingerprint density at radius 2 is 2.44 bits per heavy atom. The van der Waals surface area contributed by atoms with Crippen LogP contribution in [0.1, 0.15) is 34.2 Å². The van der Waals surface area contributed by atoms with Crippen molar-refractivity contribution < 1.29 is 4.74 Å². The number of rotatable bonds is 3. The summed E-state index contributed by atoms with van der Waals surface area (Å²) in [4.78, 5) is 2.97. The molecule has 3 rings (SSSR count). The van der Waals surface area contributed by atoms with Crippen LogP contribution in [-0.2, 0) is 16.9 Å². The Morgan fingerprint density at radius 3 is 3.17 bits per heavy atom. The van der Waals surface area contributed by atoms with Gasteiger partial charge in [0.2, 0.25) is 0 Å². The van der Waals surface area contributed by atoms with Crippen molar-refractivity contribution in [1.29, 1.82) is 0 Å². The smallest absolute Gasteiger partial charge is 0.0603 e. The van der Waals surface area contributed by atoms with Gasteiger partial charge in [-0.3, -0.25) is 11.3 Å². The molecule has 2 atom stereocenters. The quantitative estimate of drug-likeness (QED) is 0.661. The molecule has 0 spiro atoms. The van der Waals surface area contributed by atoms with Gasteiger partial charge in [-0.05, 0) is 36.6 Å². The molecule has 0 radical (unpaired) electrons. The van der Waals surface area contributed by atoms with Gasteiger partial charge in [-0.1, -0.05) is 0 Å². The van der Waals surface area contributed by atoms with E-state index in [0.717, 1.165) is 19.6 Å². The van der Waals surface area contributed by atoms with E-state index in [2.05, 4.69) is 11.5 Å². The first-order valence-corrected chi connectivity index (χ1v) is 8.58. The molecule has 3 N–H and O–H groups in total. The summed E-state index contributed by atoms with van der Waals surface area (Å²) < 4.78 is 5.59. The molecule has 3 heterocycles. The fourth-order valence-electron chi connectivity index (χ4n) is 2.80. The average molecular weight is 284 g/mol. The second kappa shape index (κ2) is 5.92. The Bertz CT molecular complexity index is 378. The number of nitrogens with one attached hydrogen (secondary N) is 1. The minimum Gasteiger partial charge on any atom is -0.381 e. The maximum absolute atomic E-state index is 5.79. The highest BCUT2D eigenvalue weighted by atomic mass is 32.2. The van der Waals surface area contributed by atoms with E-state index in [4.69, 9.17) is 10.6 Å². The first-order valence-electron chi connectivity index (χ1n) is 6.61. The largest absolute Gasteiger partial charge is 0.381 e. The lowest BCUT2D eigenvalue weighted by molar-refractivity contribution is 0.0395. The van der Waals surface area contributed by atoms with E-state index >= 15 is 0 Å². The Balaban J connectivity index is 1.79. The third kappa shape index (κ3) is 2.60. The predicted molar refractivity (Wildman–Crippen MR) is 77.8 cm³/mol. The molecule has 2 aliphatic heterocycles. The van der Waals surface area contributed by atoms with Crippen molar-refractivity contribution in [3.63, 3.8) is 0 Å². The number of thioether (sulfide) groups is 1. The number of thiophene rings is 1. The molecule has 2 unspecified atom stereocenters. The molecule has 0 amide bonds. The van der Waals surface area contributed by atoms with E-state index in [0.29, 0.717) is 5.92 Å². The lowest BCUT2D eigenvalue weighted by Crippen LogP contribution is -2.36. The summed E-state index contributed by atoms with van der Waals surface area (Å²) in [6.45, 7) is 1.75. The number of fused-ring (bicyclic) bond motifs is 1. The SMILES string of the molecule is NNC(c1cc2c(s1)CCSC2)C1CCCOC1.